The molecule has 0 unspecified atom stereocenters. The van der Waals surface area contributed by atoms with Crippen LogP contribution in [0.3, 0.4) is 0 Å². The van der Waals surface area contributed by atoms with Crippen LogP contribution in [0.4, 0.5) is 5.69 Å². The van der Waals surface area contributed by atoms with Gasteiger partial charge < -0.3 is 19.7 Å². The van der Waals surface area contributed by atoms with Crippen molar-refractivity contribution in [2.45, 2.75) is 32.6 Å². The number of hydrogen-bond acceptors (Lipinski definition) is 7. The molecule has 1 aromatic carbocycles. The van der Waals surface area contributed by atoms with Crippen molar-refractivity contribution < 1.29 is 28.2 Å². The minimum Gasteiger partial charge on any atom is -0.478 e. The predicted molar refractivity (Wildman–Crippen MR) is 145 cm³/mol. The van der Waals surface area contributed by atoms with Crippen LogP contribution in [-0.2, 0) is 46.5 Å². The molecule has 2 aromatic rings. The molecule has 12 nitrogen and oxygen atoms in total. The lowest BCUT2D eigenvalue weighted by atomic mass is 10.1. The zero-order valence-corrected chi connectivity index (χ0v) is 22.9. The maximum Gasteiger partial charge on any atom is 0.330 e. The fraction of sp³-hybridized carbons (Fsp3) is 0.440. The maximum atomic E-state index is 12.0. The van der Waals surface area contributed by atoms with Crippen molar-refractivity contribution in [3.05, 3.63) is 74.6 Å². The Morgan fingerprint density at radius 1 is 0.947 bits per heavy atom. The second-order valence-electron chi connectivity index (χ2n) is 8.65. The van der Waals surface area contributed by atoms with Gasteiger partial charge in [0.25, 0.3) is 5.56 Å². The highest BCUT2D eigenvalue weighted by atomic mass is 32.2. The van der Waals surface area contributed by atoms with Crippen LogP contribution in [0.1, 0.15) is 31.0 Å². The molecular weight excluding hydrogens is 516 g/mol. The van der Waals surface area contributed by atoms with Gasteiger partial charge in [-0.15, -0.1) is 0 Å². The van der Waals surface area contributed by atoms with E-state index in [0.29, 0.717) is 24.3 Å². The van der Waals surface area contributed by atoms with Gasteiger partial charge in [-0.3, -0.25) is 14.1 Å². The molecule has 0 aliphatic rings. The van der Waals surface area contributed by atoms with Crippen molar-refractivity contribution in [2.24, 2.45) is 14.1 Å². The minimum absolute atomic E-state index is 0.271. The fourth-order valence-electron chi connectivity index (χ4n) is 3.54. The number of aryl methyl sites for hydroxylation is 1. The van der Waals surface area contributed by atoms with Crippen LogP contribution in [-0.4, -0.2) is 70.5 Å². The van der Waals surface area contributed by atoms with E-state index in [1.54, 1.807) is 19.2 Å². The SMILES string of the molecule is CCCN(CCCc1cc(=O)n(C)c(=O)n1C)CCc1ccc(NS(C)(=O)=O)cc1.O=C(O)C=CC(=O)O. The van der Waals surface area contributed by atoms with Crippen molar-refractivity contribution in [1.29, 1.82) is 0 Å². The van der Waals surface area contributed by atoms with Crippen LogP contribution in [0.5, 0.6) is 0 Å². The summed E-state index contributed by atoms with van der Waals surface area (Å²) < 4.78 is 27.7. The predicted octanol–water partition coefficient (Wildman–Crippen LogP) is 1.05. The van der Waals surface area contributed by atoms with Crippen molar-refractivity contribution >= 4 is 27.6 Å². The molecule has 0 spiro atoms. The van der Waals surface area contributed by atoms with Gasteiger partial charge in [0.1, 0.15) is 0 Å². The summed E-state index contributed by atoms with van der Waals surface area (Å²) in [5, 5.41) is 15.6. The highest BCUT2D eigenvalue weighted by Gasteiger charge is 2.09. The number of benzene rings is 1. The second kappa shape index (κ2) is 15.5. The molecule has 0 saturated heterocycles. The summed E-state index contributed by atoms with van der Waals surface area (Å²) in [5.41, 5.74) is 1.90. The molecule has 13 heteroatoms. The third-order valence-corrected chi connectivity index (χ3v) is 6.02. The molecule has 0 aliphatic heterocycles. The Hall–Kier alpha value is -3.71. The van der Waals surface area contributed by atoms with Crippen molar-refractivity contribution in [3.8, 4) is 0 Å². The Kier molecular flexibility index (Phi) is 13.2. The summed E-state index contributed by atoms with van der Waals surface area (Å²) in [4.78, 5) is 45.4. The monoisotopic (exact) mass is 552 g/mol. The average Bonchev–Trinajstić information content (AvgIpc) is 2.83. The van der Waals surface area contributed by atoms with Crippen LogP contribution in [0, 0.1) is 0 Å². The van der Waals surface area contributed by atoms with Crippen molar-refractivity contribution in [2.75, 3.05) is 30.6 Å². The average molecular weight is 553 g/mol. The van der Waals surface area contributed by atoms with E-state index < -0.39 is 22.0 Å². The third-order valence-electron chi connectivity index (χ3n) is 5.41. The molecule has 0 bridgehead atoms. The first kappa shape index (κ1) is 32.3. The number of carbonyl (C=O) groups is 2. The van der Waals surface area contributed by atoms with E-state index in [1.165, 1.54) is 17.7 Å². The number of carboxylic acid groups (broad SMARTS) is 2. The first-order valence-corrected chi connectivity index (χ1v) is 13.8. The Morgan fingerprint density at radius 3 is 2.03 bits per heavy atom. The summed E-state index contributed by atoms with van der Waals surface area (Å²) in [6.45, 7) is 4.89. The minimum atomic E-state index is -3.27. The quantitative estimate of drug-likeness (QED) is 0.308. The van der Waals surface area contributed by atoms with Crippen molar-refractivity contribution in [1.82, 2.24) is 14.0 Å². The smallest absolute Gasteiger partial charge is 0.330 e. The number of aromatic nitrogens is 2. The molecule has 3 N–H and O–H groups in total. The van der Waals surface area contributed by atoms with Gasteiger partial charge in [-0.25, -0.2) is 22.8 Å². The Labute approximate surface area is 221 Å². The molecule has 0 saturated carbocycles. The van der Waals surface area contributed by atoms with Gasteiger partial charge in [0.2, 0.25) is 10.0 Å². The van der Waals surface area contributed by atoms with E-state index in [-0.39, 0.29) is 11.2 Å². The van der Waals surface area contributed by atoms with Crippen LogP contribution in [0.25, 0.3) is 0 Å². The molecule has 1 heterocycles. The first-order valence-electron chi connectivity index (χ1n) is 11.9. The van der Waals surface area contributed by atoms with Crippen LogP contribution < -0.4 is 16.0 Å². The number of rotatable bonds is 13. The number of carboxylic acids is 2. The highest BCUT2D eigenvalue weighted by molar-refractivity contribution is 7.92. The van der Waals surface area contributed by atoms with Gasteiger partial charge >= 0.3 is 17.6 Å². The first-order chi connectivity index (χ1) is 17.7. The standard InChI is InChI=1S/C21H32N4O4S.C4H4O4/c1-5-13-25(14-6-7-19-16-20(26)24(3)21(27)23(19)2)15-12-17-8-10-18(11-9-17)22-30(4,28)29;5-3(6)1-2-4(7)8/h8-11,16,22H,5-7,12-15H2,1-4H3;1-2H,(H,5,6)(H,7,8). The third kappa shape index (κ3) is 12.5. The molecule has 1 aromatic heterocycles. The zero-order chi connectivity index (χ0) is 28.9. The van der Waals surface area contributed by atoms with E-state index in [9.17, 15) is 27.6 Å². The van der Waals surface area contributed by atoms with Crippen molar-refractivity contribution in [3.63, 3.8) is 0 Å². The van der Waals surface area contributed by atoms with Gasteiger partial charge in [0.15, 0.2) is 0 Å². The molecule has 0 radical (unpaired) electrons. The summed E-state index contributed by atoms with van der Waals surface area (Å²) >= 11 is 0. The lowest BCUT2D eigenvalue weighted by Crippen LogP contribution is -2.38. The molecule has 0 aliphatic carbocycles. The largest absolute Gasteiger partial charge is 0.478 e. The maximum absolute atomic E-state index is 12.0. The van der Waals surface area contributed by atoms with Gasteiger partial charge in [0.05, 0.1) is 6.26 Å². The summed E-state index contributed by atoms with van der Waals surface area (Å²) in [5.74, 6) is -2.51. The molecule has 0 atom stereocenters. The number of nitrogens with zero attached hydrogens (tertiary/aromatic N) is 3. The number of nitrogens with one attached hydrogen (secondary N) is 1. The van der Waals surface area contributed by atoms with Gasteiger partial charge in [-0.05, 0) is 56.5 Å². The Balaban J connectivity index is 0.000000781. The van der Waals surface area contributed by atoms with E-state index in [4.69, 9.17) is 10.2 Å². The summed E-state index contributed by atoms with van der Waals surface area (Å²) in [7, 11) is -0.0827. The fourth-order valence-corrected chi connectivity index (χ4v) is 4.10. The van der Waals surface area contributed by atoms with Gasteiger partial charge in [-0.2, -0.15) is 0 Å². The molecule has 2 rings (SSSR count). The van der Waals surface area contributed by atoms with Crippen LogP contribution in [0.2, 0.25) is 0 Å². The lowest BCUT2D eigenvalue weighted by Gasteiger charge is -2.22. The lowest BCUT2D eigenvalue weighted by molar-refractivity contribution is -0.134. The Morgan fingerprint density at radius 2 is 1.53 bits per heavy atom. The van der Waals surface area contributed by atoms with E-state index in [1.807, 2.05) is 12.1 Å². The van der Waals surface area contributed by atoms with Gasteiger partial charge in [-0.1, -0.05) is 19.1 Å². The summed E-state index contributed by atoms with van der Waals surface area (Å²) in [6.07, 6.45) is 5.69. The molecule has 210 valence electrons. The Bertz CT molecular complexity index is 1310. The van der Waals surface area contributed by atoms with Crippen LogP contribution >= 0.6 is 0 Å². The topological polar surface area (TPSA) is 168 Å². The molecule has 0 amide bonds. The number of hydrogen-bond donors (Lipinski definition) is 3. The highest BCUT2D eigenvalue weighted by Crippen LogP contribution is 2.12. The zero-order valence-electron chi connectivity index (χ0n) is 22.1. The number of sulfonamides is 1. The van der Waals surface area contributed by atoms with Crippen LogP contribution in [0.15, 0.2) is 52.1 Å². The van der Waals surface area contributed by atoms with E-state index >= 15 is 0 Å². The van der Waals surface area contributed by atoms with E-state index in [0.717, 1.165) is 61.0 Å². The number of anilines is 1. The number of aliphatic carboxylic acids is 2. The molecule has 0 fully saturated rings. The normalized spacial score (nSPS) is 11.3. The second-order valence-corrected chi connectivity index (χ2v) is 10.4. The molecular formula is C25H36N4O8S. The summed E-state index contributed by atoms with van der Waals surface area (Å²) in [6, 6.07) is 8.96. The van der Waals surface area contributed by atoms with Gasteiger partial charge in [0, 0.05) is 50.2 Å². The molecule has 38 heavy (non-hydrogen) atoms. The van der Waals surface area contributed by atoms with E-state index in [2.05, 4.69) is 16.5 Å².